The molecule has 1 aliphatic heterocycles. The molecule has 0 bridgehead atoms. The minimum atomic E-state index is -0.445. The van der Waals surface area contributed by atoms with E-state index in [1.807, 2.05) is 32.0 Å². The smallest absolute Gasteiger partial charge is 0.344 e. The van der Waals surface area contributed by atoms with E-state index in [-0.39, 0.29) is 25.0 Å². The molecule has 6 nitrogen and oxygen atoms in total. The number of hydrogen-bond acceptors (Lipinski definition) is 5. The van der Waals surface area contributed by atoms with Crippen molar-refractivity contribution in [3.8, 4) is 5.75 Å². The van der Waals surface area contributed by atoms with Crippen molar-refractivity contribution in [1.82, 2.24) is 4.90 Å². The van der Waals surface area contributed by atoms with E-state index in [0.717, 1.165) is 11.1 Å². The van der Waals surface area contributed by atoms with Crippen molar-refractivity contribution in [3.63, 3.8) is 0 Å². The molecule has 0 saturated carbocycles. The number of carbonyl (C=O) groups excluding carboxylic acids is 3. The number of carbonyl (C=O) groups is 3. The second-order valence-electron chi connectivity index (χ2n) is 6.77. The van der Waals surface area contributed by atoms with E-state index in [4.69, 9.17) is 9.47 Å². The van der Waals surface area contributed by atoms with E-state index in [1.165, 1.54) is 4.90 Å². The van der Waals surface area contributed by atoms with E-state index in [9.17, 15) is 14.4 Å². The zero-order valence-electron chi connectivity index (χ0n) is 16.1. The van der Waals surface area contributed by atoms with Crippen LogP contribution in [0.5, 0.6) is 5.75 Å². The number of unbranched alkanes of at least 4 members (excludes halogenated alkanes) is 1. The van der Waals surface area contributed by atoms with Crippen molar-refractivity contribution >= 4 is 17.8 Å². The number of hydrogen-bond donors (Lipinski definition) is 0. The number of amides is 2. The van der Waals surface area contributed by atoms with Crippen molar-refractivity contribution in [2.45, 2.75) is 26.7 Å². The summed E-state index contributed by atoms with van der Waals surface area (Å²) >= 11 is 0. The number of rotatable bonds is 8. The van der Waals surface area contributed by atoms with Gasteiger partial charge in [0.15, 0.2) is 6.61 Å². The van der Waals surface area contributed by atoms with Crippen LogP contribution in [0.25, 0.3) is 0 Å². The molecule has 0 spiro atoms. The highest BCUT2D eigenvalue weighted by atomic mass is 16.6. The first-order valence-corrected chi connectivity index (χ1v) is 9.28. The predicted octanol–water partition coefficient (Wildman–Crippen LogP) is 3.30. The Morgan fingerprint density at radius 3 is 2.25 bits per heavy atom. The first kappa shape index (κ1) is 19.6. The number of benzene rings is 2. The minimum Gasteiger partial charge on any atom is -0.482 e. The van der Waals surface area contributed by atoms with Gasteiger partial charge in [-0.15, -0.1) is 0 Å². The standard InChI is InChI=1S/C22H23NO5/c1-15-9-10-17(13-16(15)2)28-14-20(24)27-12-6-5-11-23-21(25)18-7-3-4-8-19(18)22(23)26/h3-4,7-10,13H,5-6,11-12,14H2,1-2H3. The molecule has 2 aromatic carbocycles. The normalized spacial score (nSPS) is 12.9. The van der Waals surface area contributed by atoms with Crippen molar-refractivity contribution in [1.29, 1.82) is 0 Å². The monoisotopic (exact) mass is 381 g/mol. The molecular formula is C22H23NO5. The number of ether oxygens (including phenoxy) is 2. The molecule has 0 fully saturated rings. The largest absolute Gasteiger partial charge is 0.482 e. The number of fused-ring (bicyclic) bond motifs is 1. The van der Waals surface area contributed by atoms with Gasteiger partial charge in [0.25, 0.3) is 11.8 Å². The molecule has 0 aromatic heterocycles. The average Bonchev–Trinajstić information content (AvgIpc) is 2.93. The third-order valence-corrected chi connectivity index (χ3v) is 4.75. The van der Waals surface area contributed by atoms with Crippen LogP contribution in [0.4, 0.5) is 0 Å². The summed E-state index contributed by atoms with van der Waals surface area (Å²) in [5.41, 5.74) is 3.15. The molecule has 2 amide bonds. The molecule has 1 heterocycles. The SMILES string of the molecule is Cc1ccc(OCC(=O)OCCCCN2C(=O)c3ccccc3C2=O)cc1C. The van der Waals surface area contributed by atoms with Crippen LogP contribution in [0.2, 0.25) is 0 Å². The average molecular weight is 381 g/mol. The summed E-state index contributed by atoms with van der Waals surface area (Å²) in [7, 11) is 0. The van der Waals surface area contributed by atoms with Crippen LogP contribution >= 0.6 is 0 Å². The van der Waals surface area contributed by atoms with E-state index in [0.29, 0.717) is 36.3 Å². The van der Waals surface area contributed by atoms with Gasteiger partial charge in [0, 0.05) is 6.54 Å². The molecule has 1 aliphatic rings. The lowest BCUT2D eigenvalue weighted by Gasteiger charge is -2.13. The van der Waals surface area contributed by atoms with Gasteiger partial charge in [0.1, 0.15) is 5.75 Å². The van der Waals surface area contributed by atoms with E-state index < -0.39 is 5.97 Å². The molecule has 0 aliphatic carbocycles. The number of aryl methyl sites for hydroxylation is 2. The van der Waals surface area contributed by atoms with Crippen LogP contribution in [-0.4, -0.2) is 42.4 Å². The Morgan fingerprint density at radius 1 is 0.929 bits per heavy atom. The fourth-order valence-electron chi connectivity index (χ4n) is 2.99. The quantitative estimate of drug-likeness (QED) is 0.399. The summed E-state index contributed by atoms with van der Waals surface area (Å²) < 4.78 is 10.6. The highest BCUT2D eigenvalue weighted by molar-refractivity contribution is 6.21. The molecule has 0 atom stereocenters. The van der Waals surface area contributed by atoms with Crippen LogP contribution in [0.15, 0.2) is 42.5 Å². The summed E-state index contributed by atoms with van der Waals surface area (Å²) in [4.78, 5) is 37.5. The van der Waals surface area contributed by atoms with Crippen molar-refractivity contribution in [3.05, 3.63) is 64.7 Å². The molecule has 2 aromatic rings. The summed E-state index contributed by atoms with van der Waals surface area (Å²) in [6.07, 6.45) is 1.12. The van der Waals surface area contributed by atoms with Gasteiger partial charge in [0.05, 0.1) is 17.7 Å². The van der Waals surface area contributed by atoms with Crippen molar-refractivity contribution in [2.75, 3.05) is 19.8 Å². The summed E-state index contributed by atoms with van der Waals surface area (Å²) in [6.45, 7) is 4.37. The maximum absolute atomic E-state index is 12.2. The zero-order valence-corrected chi connectivity index (χ0v) is 16.1. The molecule has 0 radical (unpaired) electrons. The molecule has 3 rings (SSSR count). The summed E-state index contributed by atoms with van der Waals surface area (Å²) in [5, 5.41) is 0. The van der Waals surface area contributed by atoms with E-state index in [1.54, 1.807) is 24.3 Å². The number of imide groups is 1. The van der Waals surface area contributed by atoms with Crippen LogP contribution in [0, 0.1) is 13.8 Å². The van der Waals surface area contributed by atoms with Gasteiger partial charge in [-0.25, -0.2) is 4.79 Å². The number of esters is 1. The van der Waals surface area contributed by atoms with E-state index >= 15 is 0 Å². The topological polar surface area (TPSA) is 72.9 Å². The highest BCUT2D eigenvalue weighted by Crippen LogP contribution is 2.22. The molecule has 0 saturated heterocycles. The maximum Gasteiger partial charge on any atom is 0.344 e. The molecule has 28 heavy (non-hydrogen) atoms. The Labute approximate surface area is 164 Å². The third kappa shape index (κ3) is 4.39. The molecular weight excluding hydrogens is 358 g/mol. The molecule has 6 heteroatoms. The van der Waals surface area contributed by atoms with Crippen LogP contribution in [0.3, 0.4) is 0 Å². The Balaban J connectivity index is 1.35. The van der Waals surface area contributed by atoms with Gasteiger partial charge < -0.3 is 9.47 Å². The van der Waals surface area contributed by atoms with Gasteiger partial charge in [-0.2, -0.15) is 0 Å². The predicted molar refractivity (Wildman–Crippen MR) is 103 cm³/mol. The van der Waals surface area contributed by atoms with Crippen molar-refractivity contribution < 1.29 is 23.9 Å². The van der Waals surface area contributed by atoms with Gasteiger partial charge in [0.2, 0.25) is 0 Å². The van der Waals surface area contributed by atoms with Crippen LogP contribution < -0.4 is 4.74 Å². The first-order chi connectivity index (χ1) is 13.5. The highest BCUT2D eigenvalue weighted by Gasteiger charge is 2.34. The van der Waals surface area contributed by atoms with E-state index in [2.05, 4.69) is 0 Å². The number of nitrogens with zero attached hydrogens (tertiary/aromatic N) is 1. The van der Waals surface area contributed by atoms with Gasteiger partial charge in [-0.3, -0.25) is 14.5 Å². The Kier molecular flexibility index (Phi) is 6.09. The van der Waals surface area contributed by atoms with Gasteiger partial charge in [-0.05, 0) is 62.1 Å². The zero-order chi connectivity index (χ0) is 20.1. The Morgan fingerprint density at radius 2 is 1.61 bits per heavy atom. The molecule has 146 valence electrons. The Bertz CT molecular complexity index is 871. The van der Waals surface area contributed by atoms with Crippen LogP contribution in [-0.2, 0) is 9.53 Å². The second-order valence-corrected chi connectivity index (χ2v) is 6.77. The maximum atomic E-state index is 12.2. The fourth-order valence-corrected chi connectivity index (χ4v) is 2.99. The molecule has 0 unspecified atom stereocenters. The van der Waals surface area contributed by atoms with Crippen LogP contribution in [0.1, 0.15) is 44.7 Å². The van der Waals surface area contributed by atoms with Gasteiger partial charge >= 0.3 is 5.97 Å². The first-order valence-electron chi connectivity index (χ1n) is 9.28. The molecule has 0 N–H and O–H groups in total. The minimum absolute atomic E-state index is 0.152. The van der Waals surface area contributed by atoms with Crippen molar-refractivity contribution in [2.24, 2.45) is 0 Å². The lowest BCUT2D eigenvalue weighted by atomic mass is 10.1. The van der Waals surface area contributed by atoms with Gasteiger partial charge in [-0.1, -0.05) is 18.2 Å². The lowest BCUT2D eigenvalue weighted by molar-refractivity contribution is -0.146. The summed E-state index contributed by atoms with van der Waals surface area (Å²) in [5.74, 6) is -0.344. The second kappa shape index (κ2) is 8.69. The lowest BCUT2D eigenvalue weighted by Crippen LogP contribution is -2.30. The fraction of sp³-hybridized carbons (Fsp3) is 0.318. The summed E-state index contributed by atoms with van der Waals surface area (Å²) in [6, 6.07) is 12.4. The Hall–Kier alpha value is -3.15. The third-order valence-electron chi connectivity index (χ3n) is 4.75.